The first-order chi connectivity index (χ1) is 5.58. The van der Waals surface area contributed by atoms with E-state index < -0.39 is 0 Å². The van der Waals surface area contributed by atoms with Gasteiger partial charge < -0.3 is 9.47 Å². The first kappa shape index (κ1) is 11.5. The van der Waals surface area contributed by atoms with E-state index in [1.54, 1.807) is 0 Å². The van der Waals surface area contributed by atoms with Crippen LogP contribution in [0.5, 0.6) is 0 Å². The second-order valence-electron chi connectivity index (χ2n) is 3.11. The van der Waals surface area contributed by atoms with E-state index in [9.17, 15) is 0 Å². The van der Waals surface area contributed by atoms with E-state index in [1.807, 2.05) is 27.7 Å². The van der Waals surface area contributed by atoms with Gasteiger partial charge in [-0.1, -0.05) is 5.92 Å². The summed E-state index contributed by atoms with van der Waals surface area (Å²) in [7, 11) is 0. The fraction of sp³-hybridized carbons (Fsp3) is 0.800. The van der Waals surface area contributed by atoms with Crippen molar-refractivity contribution >= 4 is 0 Å². The minimum Gasteiger partial charge on any atom is -0.351 e. The van der Waals surface area contributed by atoms with Crippen LogP contribution >= 0.6 is 0 Å². The number of terminal acetylenes is 1. The minimum absolute atomic E-state index is 0.294. The molecule has 0 saturated heterocycles. The second-order valence-corrected chi connectivity index (χ2v) is 3.11. The van der Waals surface area contributed by atoms with E-state index in [4.69, 9.17) is 15.9 Å². The fourth-order valence-electron chi connectivity index (χ4n) is 0.836. The Hall–Kier alpha value is -0.520. The third kappa shape index (κ3) is 3.25. The highest BCUT2D eigenvalue weighted by Gasteiger charge is 2.28. The Morgan fingerprint density at radius 3 is 1.92 bits per heavy atom. The summed E-state index contributed by atoms with van der Waals surface area (Å²) in [5.41, 5.74) is -0.355. The highest BCUT2D eigenvalue weighted by atomic mass is 16.7. The monoisotopic (exact) mass is 170 g/mol. The zero-order valence-corrected chi connectivity index (χ0v) is 8.39. The first-order valence-electron chi connectivity index (χ1n) is 4.29. The summed E-state index contributed by atoms with van der Waals surface area (Å²) >= 11 is 0. The van der Waals surface area contributed by atoms with Crippen molar-refractivity contribution in [2.24, 2.45) is 5.41 Å². The SMILES string of the molecule is C#CC(C)(C)C(OCC)OCC. The van der Waals surface area contributed by atoms with Gasteiger partial charge in [-0.15, -0.1) is 6.42 Å². The molecule has 0 aromatic rings. The molecule has 0 unspecified atom stereocenters. The summed E-state index contributed by atoms with van der Waals surface area (Å²) in [4.78, 5) is 0. The van der Waals surface area contributed by atoms with Crippen LogP contribution in [0.25, 0.3) is 0 Å². The third-order valence-corrected chi connectivity index (χ3v) is 1.60. The molecular weight excluding hydrogens is 152 g/mol. The van der Waals surface area contributed by atoms with E-state index in [2.05, 4.69) is 5.92 Å². The molecule has 2 nitrogen and oxygen atoms in total. The van der Waals surface area contributed by atoms with Gasteiger partial charge in [-0.2, -0.15) is 0 Å². The quantitative estimate of drug-likeness (QED) is 0.464. The number of hydrogen-bond donors (Lipinski definition) is 0. The van der Waals surface area contributed by atoms with Gasteiger partial charge >= 0.3 is 0 Å². The lowest BCUT2D eigenvalue weighted by Crippen LogP contribution is -2.33. The largest absolute Gasteiger partial charge is 0.351 e. The maximum absolute atomic E-state index is 5.37. The average Bonchev–Trinajstić information content (AvgIpc) is 2.04. The molecule has 0 bridgehead atoms. The van der Waals surface area contributed by atoms with Crippen LogP contribution in [0.15, 0.2) is 0 Å². The molecule has 2 heteroatoms. The number of rotatable bonds is 5. The average molecular weight is 170 g/mol. The standard InChI is InChI=1S/C10H18O2/c1-6-10(4,5)9(11-7-2)12-8-3/h1,9H,7-8H2,2-5H3. The van der Waals surface area contributed by atoms with Crippen molar-refractivity contribution < 1.29 is 9.47 Å². The van der Waals surface area contributed by atoms with E-state index in [-0.39, 0.29) is 11.7 Å². The summed E-state index contributed by atoms with van der Waals surface area (Å²) in [6.07, 6.45) is 5.06. The van der Waals surface area contributed by atoms with Crippen LogP contribution in [0.4, 0.5) is 0 Å². The van der Waals surface area contributed by atoms with Crippen LogP contribution in [0.1, 0.15) is 27.7 Å². The Morgan fingerprint density at radius 1 is 1.25 bits per heavy atom. The highest BCUT2D eigenvalue weighted by Crippen LogP contribution is 2.22. The number of ether oxygens (including phenoxy) is 2. The maximum Gasteiger partial charge on any atom is 0.173 e. The van der Waals surface area contributed by atoms with E-state index in [1.165, 1.54) is 0 Å². The maximum atomic E-state index is 5.37. The van der Waals surface area contributed by atoms with Gasteiger partial charge in [-0.3, -0.25) is 0 Å². The minimum atomic E-state index is -0.355. The van der Waals surface area contributed by atoms with Crippen molar-refractivity contribution in [1.82, 2.24) is 0 Å². The molecule has 0 aliphatic rings. The molecule has 0 amide bonds. The molecule has 0 aromatic heterocycles. The van der Waals surface area contributed by atoms with E-state index in [0.717, 1.165) is 0 Å². The van der Waals surface area contributed by atoms with Gasteiger partial charge in [0.2, 0.25) is 0 Å². The zero-order chi connectivity index (χ0) is 9.61. The molecule has 0 aliphatic heterocycles. The molecule has 0 atom stereocenters. The molecule has 0 fully saturated rings. The summed E-state index contributed by atoms with van der Waals surface area (Å²) in [5, 5.41) is 0. The predicted octanol–water partition coefficient (Wildman–Crippen LogP) is 2.04. The fourth-order valence-corrected chi connectivity index (χ4v) is 0.836. The smallest absolute Gasteiger partial charge is 0.173 e. The predicted molar refractivity (Wildman–Crippen MR) is 49.7 cm³/mol. The van der Waals surface area contributed by atoms with Gasteiger partial charge in [-0.25, -0.2) is 0 Å². The summed E-state index contributed by atoms with van der Waals surface area (Å²) in [6, 6.07) is 0. The molecule has 0 spiro atoms. The van der Waals surface area contributed by atoms with Crippen molar-refractivity contribution in [2.75, 3.05) is 13.2 Å². The summed E-state index contributed by atoms with van der Waals surface area (Å²) < 4.78 is 10.7. The third-order valence-electron chi connectivity index (χ3n) is 1.60. The van der Waals surface area contributed by atoms with E-state index in [0.29, 0.717) is 13.2 Å². The van der Waals surface area contributed by atoms with Crippen LogP contribution in [-0.4, -0.2) is 19.5 Å². The molecule has 70 valence electrons. The van der Waals surface area contributed by atoms with Crippen molar-refractivity contribution in [3.8, 4) is 12.3 Å². The number of hydrogen-bond acceptors (Lipinski definition) is 2. The Labute approximate surface area is 75.3 Å². The topological polar surface area (TPSA) is 18.5 Å². The summed E-state index contributed by atoms with van der Waals surface area (Å²) in [6.45, 7) is 8.97. The molecular formula is C10H18O2. The zero-order valence-electron chi connectivity index (χ0n) is 8.39. The van der Waals surface area contributed by atoms with Gasteiger partial charge in [0.25, 0.3) is 0 Å². The Morgan fingerprint density at radius 2 is 1.67 bits per heavy atom. The molecule has 0 radical (unpaired) electrons. The summed E-state index contributed by atoms with van der Waals surface area (Å²) in [5.74, 6) is 2.66. The molecule has 0 N–H and O–H groups in total. The van der Waals surface area contributed by atoms with Gasteiger partial charge in [0.1, 0.15) is 0 Å². The van der Waals surface area contributed by atoms with Crippen LogP contribution in [0.2, 0.25) is 0 Å². The second kappa shape index (κ2) is 5.18. The first-order valence-corrected chi connectivity index (χ1v) is 4.29. The van der Waals surface area contributed by atoms with E-state index >= 15 is 0 Å². The molecule has 0 aromatic carbocycles. The van der Waals surface area contributed by atoms with Gasteiger partial charge in [0.05, 0.1) is 5.41 Å². The lowest BCUT2D eigenvalue weighted by atomic mass is 9.94. The van der Waals surface area contributed by atoms with Crippen molar-refractivity contribution in [1.29, 1.82) is 0 Å². The van der Waals surface area contributed by atoms with Gasteiger partial charge in [0.15, 0.2) is 6.29 Å². The Balaban J connectivity index is 4.19. The van der Waals surface area contributed by atoms with Crippen LogP contribution < -0.4 is 0 Å². The lowest BCUT2D eigenvalue weighted by molar-refractivity contribution is -0.178. The highest BCUT2D eigenvalue weighted by molar-refractivity contribution is 5.02. The van der Waals surface area contributed by atoms with Crippen LogP contribution in [-0.2, 0) is 9.47 Å². The Kier molecular flexibility index (Phi) is 4.96. The van der Waals surface area contributed by atoms with Gasteiger partial charge in [-0.05, 0) is 27.7 Å². The van der Waals surface area contributed by atoms with Crippen LogP contribution in [0.3, 0.4) is 0 Å². The molecule has 0 aliphatic carbocycles. The molecule has 0 rings (SSSR count). The molecule has 12 heavy (non-hydrogen) atoms. The van der Waals surface area contributed by atoms with Gasteiger partial charge in [0, 0.05) is 13.2 Å². The lowest BCUT2D eigenvalue weighted by Gasteiger charge is -2.28. The van der Waals surface area contributed by atoms with Crippen molar-refractivity contribution in [3.05, 3.63) is 0 Å². The van der Waals surface area contributed by atoms with Crippen molar-refractivity contribution in [2.45, 2.75) is 34.0 Å². The van der Waals surface area contributed by atoms with Crippen LogP contribution in [0, 0.1) is 17.8 Å². The molecule has 0 heterocycles. The normalized spacial score (nSPS) is 11.7. The Bertz CT molecular complexity index is 150. The van der Waals surface area contributed by atoms with Crippen molar-refractivity contribution in [3.63, 3.8) is 0 Å². The molecule has 0 saturated carbocycles.